The minimum Gasteiger partial charge on any atom is -0.378 e. The van der Waals surface area contributed by atoms with Gasteiger partial charge in [-0.05, 0) is 32.1 Å². The highest BCUT2D eigenvalue weighted by Gasteiger charge is 2.28. The van der Waals surface area contributed by atoms with E-state index in [2.05, 4.69) is 12.2 Å². The van der Waals surface area contributed by atoms with E-state index in [1.54, 1.807) is 0 Å². The van der Waals surface area contributed by atoms with Crippen LogP contribution in [0.15, 0.2) is 0 Å². The second kappa shape index (κ2) is 5.48. The van der Waals surface area contributed by atoms with E-state index in [9.17, 15) is 0 Å². The van der Waals surface area contributed by atoms with E-state index in [-0.39, 0.29) is 5.54 Å². The van der Waals surface area contributed by atoms with Crippen LogP contribution in [0, 0.1) is 5.92 Å². The van der Waals surface area contributed by atoms with E-state index >= 15 is 0 Å². The summed E-state index contributed by atoms with van der Waals surface area (Å²) in [6.07, 6.45) is 7.99. The van der Waals surface area contributed by atoms with Gasteiger partial charge in [-0.25, -0.2) is 0 Å². The molecule has 3 N–H and O–H groups in total. The summed E-state index contributed by atoms with van der Waals surface area (Å²) in [5.41, 5.74) is 6.46. The largest absolute Gasteiger partial charge is 0.378 e. The third-order valence-corrected chi connectivity index (χ3v) is 4.27. The Bertz CT molecular complexity index is 214. The van der Waals surface area contributed by atoms with Crippen LogP contribution in [-0.2, 0) is 4.74 Å². The van der Waals surface area contributed by atoms with E-state index in [0.29, 0.717) is 12.0 Å². The molecule has 2 fully saturated rings. The van der Waals surface area contributed by atoms with Crippen LogP contribution in [0.5, 0.6) is 0 Å². The van der Waals surface area contributed by atoms with E-state index in [0.717, 1.165) is 19.7 Å². The molecule has 94 valence electrons. The van der Waals surface area contributed by atoms with Crippen LogP contribution in [0.3, 0.4) is 0 Å². The summed E-state index contributed by atoms with van der Waals surface area (Å²) >= 11 is 0. The highest BCUT2D eigenvalue weighted by Crippen LogP contribution is 2.25. The van der Waals surface area contributed by atoms with Gasteiger partial charge in [-0.3, -0.25) is 0 Å². The van der Waals surface area contributed by atoms with Crippen LogP contribution in [0.1, 0.15) is 45.4 Å². The molecule has 0 amide bonds. The Kier molecular flexibility index (Phi) is 4.22. The highest BCUT2D eigenvalue weighted by molar-refractivity contribution is 4.89. The Morgan fingerprint density at radius 2 is 2.06 bits per heavy atom. The van der Waals surface area contributed by atoms with Crippen molar-refractivity contribution in [2.75, 3.05) is 19.7 Å². The lowest BCUT2D eigenvalue weighted by atomic mass is 9.82. The summed E-state index contributed by atoms with van der Waals surface area (Å²) in [6, 6.07) is 0. The average Bonchev–Trinajstić information content (AvgIpc) is 2.65. The molecule has 2 atom stereocenters. The van der Waals surface area contributed by atoms with Gasteiger partial charge in [0, 0.05) is 25.2 Å². The second-order valence-corrected chi connectivity index (χ2v) is 5.68. The fraction of sp³-hybridized carbons (Fsp3) is 1.00. The molecule has 0 bridgehead atoms. The maximum atomic E-state index is 6.38. The average molecular weight is 226 g/mol. The minimum absolute atomic E-state index is 0.0704. The summed E-state index contributed by atoms with van der Waals surface area (Å²) < 4.78 is 5.56. The first kappa shape index (κ1) is 12.3. The third-order valence-electron chi connectivity index (χ3n) is 4.27. The van der Waals surface area contributed by atoms with Crippen LogP contribution in [0.2, 0.25) is 0 Å². The van der Waals surface area contributed by atoms with Crippen molar-refractivity contribution in [2.45, 2.75) is 57.1 Å². The monoisotopic (exact) mass is 226 g/mol. The number of nitrogens with two attached hydrogens (primary N) is 1. The summed E-state index contributed by atoms with van der Waals surface area (Å²) in [6.45, 7) is 5.16. The predicted octanol–water partition coefficient (Wildman–Crippen LogP) is 1.66. The normalized spacial score (nSPS) is 34.1. The molecule has 1 saturated heterocycles. The van der Waals surface area contributed by atoms with Crippen LogP contribution >= 0.6 is 0 Å². The molecular weight excluding hydrogens is 200 g/mol. The Labute approximate surface area is 99.1 Å². The summed E-state index contributed by atoms with van der Waals surface area (Å²) in [7, 11) is 0. The van der Waals surface area contributed by atoms with Crippen molar-refractivity contribution in [3.8, 4) is 0 Å². The van der Waals surface area contributed by atoms with Gasteiger partial charge in [0.05, 0.1) is 6.10 Å². The third kappa shape index (κ3) is 3.19. The van der Waals surface area contributed by atoms with Crippen molar-refractivity contribution < 1.29 is 4.74 Å². The molecule has 3 nitrogen and oxygen atoms in total. The Morgan fingerprint density at radius 3 is 2.69 bits per heavy atom. The standard InChI is InChI=1S/C13H26N2O/c1-11-12(5-8-16-11)9-15-10-13(14)6-3-2-4-7-13/h11-12,15H,2-10,14H2,1H3. The van der Waals surface area contributed by atoms with E-state index in [1.165, 1.54) is 38.5 Å². The number of hydrogen-bond donors (Lipinski definition) is 2. The van der Waals surface area contributed by atoms with Gasteiger partial charge in [0.15, 0.2) is 0 Å². The molecule has 2 unspecified atom stereocenters. The lowest BCUT2D eigenvalue weighted by Gasteiger charge is -2.34. The first-order valence-electron chi connectivity index (χ1n) is 6.81. The van der Waals surface area contributed by atoms with Crippen LogP contribution in [0.4, 0.5) is 0 Å². The van der Waals surface area contributed by atoms with Crippen molar-refractivity contribution in [3.63, 3.8) is 0 Å². The van der Waals surface area contributed by atoms with Gasteiger partial charge in [-0.15, -0.1) is 0 Å². The Morgan fingerprint density at radius 1 is 1.31 bits per heavy atom. The van der Waals surface area contributed by atoms with Crippen LogP contribution < -0.4 is 11.1 Å². The van der Waals surface area contributed by atoms with Gasteiger partial charge in [0.1, 0.15) is 0 Å². The Balaban J connectivity index is 1.66. The summed E-state index contributed by atoms with van der Waals surface area (Å²) in [5, 5.41) is 3.56. The SMILES string of the molecule is CC1OCCC1CNCC1(N)CCCCC1. The maximum Gasteiger partial charge on any atom is 0.0588 e. The Hall–Kier alpha value is -0.120. The van der Waals surface area contributed by atoms with E-state index < -0.39 is 0 Å². The minimum atomic E-state index is 0.0704. The zero-order valence-corrected chi connectivity index (χ0v) is 10.5. The van der Waals surface area contributed by atoms with Gasteiger partial charge >= 0.3 is 0 Å². The zero-order valence-electron chi connectivity index (χ0n) is 10.5. The molecule has 0 spiro atoms. The zero-order chi connectivity index (χ0) is 11.4. The predicted molar refractivity (Wildman–Crippen MR) is 66.4 cm³/mol. The van der Waals surface area contributed by atoms with Gasteiger partial charge in [0.25, 0.3) is 0 Å². The van der Waals surface area contributed by atoms with Crippen molar-refractivity contribution in [2.24, 2.45) is 11.7 Å². The smallest absolute Gasteiger partial charge is 0.0588 e. The lowest BCUT2D eigenvalue weighted by molar-refractivity contribution is 0.105. The summed E-state index contributed by atoms with van der Waals surface area (Å²) in [4.78, 5) is 0. The quantitative estimate of drug-likeness (QED) is 0.766. The second-order valence-electron chi connectivity index (χ2n) is 5.68. The van der Waals surface area contributed by atoms with E-state index in [4.69, 9.17) is 10.5 Å². The molecule has 0 aromatic heterocycles. The van der Waals surface area contributed by atoms with Gasteiger partial charge < -0.3 is 15.8 Å². The number of nitrogens with one attached hydrogen (secondary N) is 1. The highest BCUT2D eigenvalue weighted by atomic mass is 16.5. The van der Waals surface area contributed by atoms with Crippen molar-refractivity contribution in [1.29, 1.82) is 0 Å². The molecule has 1 aliphatic heterocycles. The van der Waals surface area contributed by atoms with Gasteiger partial charge in [-0.1, -0.05) is 19.3 Å². The number of rotatable bonds is 4. The van der Waals surface area contributed by atoms with Gasteiger partial charge in [0.2, 0.25) is 0 Å². The molecule has 1 saturated carbocycles. The van der Waals surface area contributed by atoms with Crippen molar-refractivity contribution >= 4 is 0 Å². The first-order chi connectivity index (χ1) is 7.70. The number of hydrogen-bond acceptors (Lipinski definition) is 3. The molecular formula is C13H26N2O. The van der Waals surface area contributed by atoms with Crippen molar-refractivity contribution in [1.82, 2.24) is 5.32 Å². The molecule has 0 radical (unpaired) electrons. The van der Waals surface area contributed by atoms with Crippen molar-refractivity contribution in [3.05, 3.63) is 0 Å². The fourth-order valence-corrected chi connectivity index (χ4v) is 2.98. The van der Waals surface area contributed by atoms with Crippen LogP contribution in [-0.4, -0.2) is 31.3 Å². The molecule has 2 rings (SSSR count). The molecule has 1 aliphatic carbocycles. The topological polar surface area (TPSA) is 47.3 Å². The lowest BCUT2D eigenvalue weighted by Crippen LogP contribution is -2.51. The summed E-state index contributed by atoms with van der Waals surface area (Å²) in [5.74, 6) is 0.687. The fourth-order valence-electron chi connectivity index (χ4n) is 2.98. The van der Waals surface area contributed by atoms with E-state index in [1.807, 2.05) is 0 Å². The molecule has 0 aromatic rings. The molecule has 3 heteroatoms. The van der Waals surface area contributed by atoms with Gasteiger partial charge in [-0.2, -0.15) is 0 Å². The number of ether oxygens (including phenoxy) is 1. The molecule has 0 aromatic carbocycles. The first-order valence-corrected chi connectivity index (χ1v) is 6.81. The molecule has 16 heavy (non-hydrogen) atoms. The maximum absolute atomic E-state index is 6.38. The molecule has 1 heterocycles. The molecule has 2 aliphatic rings. The van der Waals surface area contributed by atoms with Crippen LogP contribution in [0.25, 0.3) is 0 Å².